The van der Waals surface area contributed by atoms with Gasteiger partial charge in [-0.05, 0) is 58.8 Å². The Morgan fingerprint density at radius 1 is 1.14 bits per heavy atom. The van der Waals surface area contributed by atoms with E-state index in [9.17, 15) is 26.4 Å². The number of anilines is 1. The van der Waals surface area contributed by atoms with E-state index in [1.807, 2.05) is 25.3 Å². The highest BCUT2D eigenvalue weighted by atomic mass is 127. The van der Waals surface area contributed by atoms with E-state index in [1.165, 1.54) is 5.01 Å². The summed E-state index contributed by atoms with van der Waals surface area (Å²) in [6.07, 6.45) is 3.11. The Kier molecular flexibility index (Phi) is 6.95. The van der Waals surface area contributed by atoms with Crippen molar-refractivity contribution in [3.05, 3.63) is 63.1 Å². The molecule has 0 aliphatic carbocycles. The number of nitrogens with zero attached hydrogens (tertiary/aromatic N) is 5. The Bertz CT molecular complexity index is 1390. The van der Waals surface area contributed by atoms with Crippen molar-refractivity contribution in [1.82, 2.24) is 19.0 Å². The predicted molar refractivity (Wildman–Crippen MR) is 132 cm³/mol. The molecule has 0 unspecified atom stereocenters. The van der Waals surface area contributed by atoms with Gasteiger partial charge >= 0.3 is 15.5 Å². The first-order valence-corrected chi connectivity index (χ1v) is 13.0. The summed E-state index contributed by atoms with van der Waals surface area (Å²) in [5.74, 6) is -0.257. The summed E-state index contributed by atoms with van der Waals surface area (Å²) in [6, 6.07) is 10.7. The third-order valence-corrected chi connectivity index (χ3v) is 7.46. The van der Waals surface area contributed by atoms with E-state index >= 15 is 0 Å². The third-order valence-electron chi connectivity index (χ3n) is 5.35. The highest BCUT2D eigenvalue weighted by molar-refractivity contribution is 14.1. The molecule has 0 fully saturated rings. The number of sulfonamides is 1. The smallest absolute Gasteiger partial charge is 0.347 e. The van der Waals surface area contributed by atoms with Crippen LogP contribution >= 0.6 is 22.6 Å². The molecule has 0 spiro atoms. The second kappa shape index (κ2) is 9.64. The summed E-state index contributed by atoms with van der Waals surface area (Å²) in [5.41, 5.74) is -2.13. The lowest BCUT2D eigenvalue weighted by molar-refractivity contribution is -0.0471. The van der Waals surface area contributed by atoms with E-state index in [2.05, 4.69) is 38.0 Å². The van der Waals surface area contributed by atoms with E-state index < -0.39 is 15.5 Å². The van der Waals surface area contributed by atoms with Crippen LogP contribution in [0.15, 0.2) is 47.7 Å². The summed E-state index contributed by atoms with van der Waals surface area (Å²) in [5, 5.41) is 8.13. The number of amides is 1. The summed E-state index contributed by atoms with van der Waals surface area (Å²) in [6.45, 7) is 1.75. The largest absolute Gasteiger partial charge is 0.516 e. The van der Waals surface area contributed by atoms with Crippen LogP contribution in [0.1, 0.15) is 28.7 Å². The standard InChI is InChI=1S/C21H20F3IN6O3S/c1-2-17-19(30-12-15(25)5-8-18(30)28-17)20(32)26-11-14-3-6-16(7-4-14)31-10-9-29(13-27-31)35(33,34)21(22,23)24/h3-8,12-13H,2,9-11H2,1H3,(H,26,32). The van der Waals surface area contributed by atoms with Gasteiger partial charge in [0.15, 0.2) is 0 Å². The van der Waals surface area contributed by atoms with Gasteiger partial charge in [0.05, 0.1) is 24.5 Å². The number of fused-ring (bicyclic) bond motifs is 1. The number of alkyl halides is 3. The van der Waals surface area contributed by atoms with Crippen molar-refractivity contribution in [3.63, 3.8) is 0 Å². The second-order valence-corrected chi connectivity index (χ2v) is 10.7. The van der Waals surface area contributed by atoms with Crippen molar-refractivity contribution in [3.8, 4) is 0 Å². The topological polar surface area (TPSA) is 99.4 Å². The number of imidazole rings is 1. The average Bonchev–Trinajstić information content (AvgIpc) is 3.20. The normalized spacial score (nSPS) is 14.5. The summed E-state index contributed by atoms with van der Waals surface area (Å²) in [7, 11) is -5.46. The third kappa shape index (κ3) is 5.07. The molecule has 3 heterocycles. The van der Waals surface area contributed by atoms with Crippen molar-refractivity contribution in [1.29, 1.82) is 0 Å². The van der Waals surface area contributed by atoms with Crippen LogP contribution < -0.4 is 10.3 Å². The van der Waals surface area contributed by atoms with E-state index in [0.717, 1.165) is 9.13 Å². The predicted octanol–water partition coefficient (Wildman–Crippen LogP) is 3.35. The van der Waals surface area contributed by atoms with Crippen LogP contribution in [0.2, 0.25) is 0 Å². The molecule has 9 nitrogen and oxygen atoms in total. The molecular formula is C21H20F3IN6O3S. The van der Waals surface area contributed by atoms with Crippen LogP contribution in [0.4, 0.5) is 18.9 Å². The molecule has 1 amide bonds. The van der Waals surface area contributed by atoms with Gasteiger partial charge in [0.25, 0.3) is 5.91 Å². The first-order valence-electron chi connectivity index (χ1n) is 10.4. The minimum atomic E-state index is -5.46. The van der Waals surface area contributed by atoms with Crippen LogP contribution in [0.5, 0.6) is 0 Å². The highest BCUT2D eigenvalue weighted by Gasteiger charge is 2.50. The van der Waals surface area contributed by atoms with E-state index in [1.54, 1.807) is 28.7 Å². The fourth-order valence-corrected chi connectivity index (χ4v) is 4.76. The number of aromatic nitrogens is 2. The van der Waals surface area contributed by atoms with Crippen molar-refractivity contribution in [2.24, 2.45) is 5.10 Å². The van der Waals surface area contributed by atoms with Gasteiger partial charge in [-0.1, -0.05) is 19.1 Å². The lowest BCUT2D eigenvalue weighted by atomic mass is 10.2. The zero-order valence-corrected chi connectivity index (χ0v) is 21.3. The first-order chi connectivity index (χ1) is 16.5. The van der Waals surface area contributed by atoms with Gasteiger partial charge in [-0.3, -0.25) is 14.2 Å². The molecule has 1 aromatic carbocycles. The van der Waals surface area contributed by atoms with Crippen LogP contribution in [-0.2, 0) is 23.0 Å². The fourth-order valence-electron chi connectivity index (χ4n) is 3.55. The maximum atomic E-state index is 12.9. The number of hydrazone groups is 1. The summed E-state index contributed by atoms with van der Waals surface area (Å²) >= 11 is 2.17. The zero-order chi connectivity index (χ0) is 25.4. The van der Waals surface area contributed by atoms with E-state index in [-0.39, 0.29) is 29.8 Å². The number of hydrogen-bond donors (Lipinski definition) is 1. The van der Waals surface area contributed by atoms with Gasteiger partial charge in [-0.25, -0.2) is 9.29 Å². The molecular weight excluding hydrogens is 600 g/mol. The average molecular weight is 620 g/mol. The van der Waals surface area contributed by atoms with E-state index in [4.69, 9.17) is 0 Å². The van der Waals surface area contributed by atoms with Crippen molar-refractivity contribution in [2.75, 3.05) is 18.1 Å². The number of pyridine rings is 1. The monoisotopic (exact) mass is 620 g/mol. The minimum Gasteiger partial charge on any atom is -0.347 e. The molecule has 0 atom stereocenters. The SMILES string of the molecule is CCc1nc2ccc(I)cn2c1C(=O)NCc1ccc(N2CCN(S(=O)(=O)C(F)(F)F)C=N2)cc1. The second-order valence-electron chi connectivity index (χ2n) is 7.60. The molecule has 0 saturated carbocycles. The van der Waals surface area contributed by atoms with Crippen LogP contribution in [0, 0.1) is 3.57 Å². The minimum absolute atomic E-state index is 0.0469. The lowest BCUT2D eigenvalue weighted by Crippen LogP contribution is -2.46. The van der Waals surface area contributed by atoms with E-state index in [0.29, 0.717) is 35.5 Å². The Morgan fingerprint density at radius 2 is 1.86 bits per heavy atom. The Balaban J connectivity index is 1.42. The number of carbonyl (C=O) groups is 1. The van der Waals surface area contributed by atoms with Crippen molar-refractivity contribution in [2.45, 2.75) is 25.4 Å². The maximum absolute atomic E-state index is 12.9. The number of aryl methyl sites for hydroxylation is 1. The molecule has 0 bridgehead atoms. The number of benzene rings is 1. The molecule has 35 heavy (non-hydrogen) atoms. The van der Waals surface area contributed by atoms with Gasteiger partial charge < -0.3 is 5.32 Å². The number of rotatable bonds is 6. The molecule has 0 saturated heterocycles. The Morgan fingerprint density at radius 3 is 2.46 bits per heavy atom. The van der Waals surface area contributed by atoms with Gasteiger partial charge in [0.1, 0.15) is 17.7 Å². The Hall–Kier alpha value is -2.88. The van der Waals surface area contributed by atoms with Gasteiger partial charge in [0.2, 0.25) is 0 Å². The lowest BCUT2D eigenvalue weighted by Gasteiger charge is -2.29. The maximum Gasteiger partial charge on any atom is 0.516 e. The molecule has 1 aliphatic heterocycles. The molecule has 0 radical (unpaired) electrons. The van der Waals surface area contributed by atoms with Gasteiger partial charge in [-0.15, -0.1) is 0 Å². The molecule has 186 valence electrons. The van der Waals surface area contributed by atoms with Gasteiger partial charge in [-0.2, -0.15) is 26.7 Å². The zero-order valence-electron chi connectivity index (χ0n) is 18.3. The number of halogens is 4. The number of carbonyl (C=O) groups excluding carboxylic acids is 1. The summed E-state index contributed by atoms with van der Waals surface area (Å²) in [4.78, 5) is 17.5. The first kappa shape index (κ1) is 25.2. The van der Waals surface area contributed by atoms with Crippen molar-refractivity contribution >= 4 is 56.2 Å². The van der Waals surface area contributed by atoms with Crippen LogP contribution in [-0.4, -0.2) is 53.0 Å². The molecule has 2 aromatic heterocycles. The quantitative estimate of drug-likeness (QED) is 0.427. The molecule has 14 heteroatoms. The highest BCUT2D eigenvalue weighted by Crippen LogP contribution is 2.27. The molecule has 3 aromatic rings. The Labute approximate surface area is 212 Å². The van der Waals surface area contributed by atoms with Crippen LogP contribution in [0.3, 0.4) is 0 Å². The van der Waals surface area contributed by atoms with Crippen LogP contribution in [0.25, 0.3) is 5.65 Å². The number of nitrogens with one attached hydrogen (secondary N) is 1. The molecule has 1 N–H and O–H groups in total. The fraction of sp³-hybridized carbons (Fsp3) is 0.286. The summed E-state index contributed by atoms with van der Waals surface area (Å²) < 4.78 is 64.0. The van der Waals surface area contributed by atoms with Gasteiger partial charge in [0, 0.05) is 16.3 Å². The number of hydrogen-bond acceptors (Lipinski definition) is 6. The molecule has 4 rings (SSSR count). The van der Waals surface area contributed by atoms with Crippen molar-refractivity contribution < 1.29 is 26.4 Å². The molecule has 1 aliphatic rings.